The number of hydrogen-bond acceptors (Lipinski definition) is 2. The minimum atomic E-state index is -0.566. The highest BCUT2D eigenvalue weighted by Gasteiger charge is 2.25. The second-order valence-electron chi connectivity index (χ2n) is 4.80. The molecule has 2 rings (SSSR count). The summed E-state index contributed by atoms with van der Waals surface area (Å²) < 4.78 is 26.7. The highest BCUT2D eigenvalue weighted by molar-refractivity contribution is 5.80. The minimum Gasteiger partial charge on any atom is -0.367 e. The maximum absolute atomic E-state index is 13.8. The van der Waals surface area contributed by atoms with E-state index in [2.05, 4.69) is 21.5 Å². The molecule has 1 aliphatic heterocycles. The van der Waals surface area contributed by atoms with E-state index < -0.39 is 11.6 Å². The van der Waals surface area contributed by atoms with Gasteiger partial charge in [-0.05, 0) is 18.6 Å². The number of terminal acetylenes is 1. The Morgan fingerprint density at radius 1 is 1.52 bits per heavy atom. The Bertz CT molecular complexity index is 565. The molecule has 112 valence electrons. The Hall–Kier alpha value is -2.29. The Morgan fingerprint density at radius 2 is 2.33 bits per heavy atom. The molecule has 1 heterocycles. The number of hydrogen-bond donors (Lipinski definition) is 2. The van der Waals surface area contributed by atoms with Crippen molar-refractivity contribution in [1.29, 1.82) is 0 Å². The molecule has 0 spiro atoms. The second kappa shape index (κ2) is 6.93. The lowest BCUT2D eigenvalue weighted by Gasteiger charge is -2.20. The van der Waals surface area contributed by atoms with Crippen LogP contribution in [0.2, 0.25) is 0 Å². The third-order valence-electron chi connectivity index (χ3n) is 3.36. The zero-order valence-electron chi connectivity index (χ0n) is 11.9. The van der Waals surface area contributed by atoms with Gasteiger partial charge in [0.15, 0.2) is 5.96 Å². The fraction of sp³-hybridized carbons (Fsp3) is 0.400. The molecular weight excluding hydrogens is 274 g/mol. The van der Waals surface area contributed by atoms with E-state index in [0.29, 0.717) is 31.3 Å². The van der Waals surface area contributed by atoms with Crippen molar-refractivity contribution in [2.45, 2.75) is 12.5 Å². The van der Waals surface area contributed by atoms with Gasteiger partial charge in [0.05, 0.1) is 12.2 Å². The molecule has 0 aliphatic carbocycles. The lowest BCUT2D eigenvalue weighted by atomic mass is 10.2. The molecule has 0 aromatic heterocycles. The van der Waals surface area contributed by atoms with E-state index >= 15 is 0 Å². The van der Waals surface area contributed by atoms with Crippen LogP contribution in [0.5, 0.6) is 0 Å². The van der Waals surface area contributed by atoms with Crippen LogP contribution in [0.4, 0.5) is 14.5 Å². The lowest BCUT2D eigenvalue weighted by molar-refractivity contribution is 0.580. The average Bonchev–Trinajstić information content (AvgIpc) is 2.91. The van der Waals surface area contributed by atoms with Crippen LogP contribution in [0.15, 0.2) is 23.2 Å². The van der Waals surface area contributed by atoms with Gasteiger partial charge < -0.3 is 15.5 Å². The van der Waals surface area contributed by atoms with Crippen molar-refractivity contribution >= 4 is 11.6 Å². The van der Waals surface area contributed by atoms with Crippen molar-refractivity contribution < 1.29 is 8.78 Å². The Kier molecular flexibility index (Phi) is 4.99. The Morgan fingerprint density at radius 3 is 3.00 bits per heavy atom. The third kappa shape index (κ3) is 3.85. The highest BCUT2D eigenvalue weighted by Crippen LogP contribution is 2.24. The summed E-state index contributed by atoms with van der Waals surface area (Å²) in [6.07, 6.45) is 6.03. The zero-order valence-corrected chi connectivity index (χ0v) is 11.9. The number of aliphatic imine (C=N–C) groups is 1. The van der Waals surface area contributed by atoms with Crippen LogP contribution in [-0.2, 0) is 0 Å². The number of nitrogens with one attached hydrogen (secondary N) is 2. The van der Waals surface area contributed by atoms with E-state index in [4.69, 9.17) is 6.42 Å². The van der Waals surface area contributed by atoms with Crippen LogP contribution in [-0.4, -0.2) is 38.7 Å². The standard InChI is InChI=1S/C15H18F2N4/c1-3-7-19-15(18-2)20-12-6-8-21(10-12)14-5-4-11(16)9-13(14)17/h1,4-5,9,12H,6-8,10H2,2H3,(H2,18,19,20). The molecule has 2 N–H and O–H groups in total. The first-order chi connectivity index (χ1) is 10.1. The molecular formula is C15H18F2N4. The molecule has 1 aromatic carbocycles. The van der Waals surface area contributed by atoms with Crippen molar-refractivity contribution in [2.24, 2.45) is 4.99 Å². The number of nitrogens with zero attached hydrogens (tertiary/aromatic N) is 2. The fourth-order valence-corrected chi connectivity index (χ4v) is 2.36. The summed E-state index contributed by atoms with van der Waals surface area (Å²) in [6, 6.07) is 3.78. The van der Waals surface area contributed by atoms with Crippen LogP contribution in [0.3, 0.4) is 0 Å². The number of halogens is 2. The van der Waals surface area contributed by atoms with Gasteiger partial charge in [0, 0.05) is 32.2 Å². The molecule has 0 radical (unpaired) electrons. The van der Waals surface area contributed by atoms with E-state index in [1.54, 1.807) is 7.05 Å². The summed E-state index contributed by atoms with van der Waals surface area (Å²) in [5.41, 5.74) is 0.423. The molecule has 0 bridgehead atoms. The quantitative estimate of drug-likeness (QED) is 0.502. The average molecular weight is 292 g/mol. The van der Waals surface area contributed by atoms with Crippen LogP contribution in [0.1, 0.15) is 6.42 Å². The van der Waals surface area contributed by atoms with Gasteiger partial charge in [-0.25, -0.2) is 8.78 Å². The van der Waals surface area contributed by atoms with Gasteiger partial charge in [-0.2, -0.15) is 0 Å². The zero-order chi connectivity index (χ0) is 15.2. The molecule has 6 heteroatoms. The SMILES string of the molecule is C#CCNC(=NC)NC1CCN(c2ccc(F)cc2F)C1. The number of anilines is 1. The summed E-state index contributed by atoms with van der Waals surface area (Å²) in [7, 11) is 1.66. The number of rotatable bonds is 3. The molecule has 0 saturated carbocycles. The van der Waals surface area contributed by atoms with Crippen molar-refractivity contribution in [3.63, 3.8) is 0 Å². The van der Waals surface area contributed by atoms with Crippen molar-refractivity contribution in [3.05, 3.63) is 29.8 Å². The van der Waals surface area contributed by atoms with Gasteiger partial charge in [0.2, 0.25) is 0 Å². The Balaban J connectivity index is 1.96. The van der Waals surface area contributed by atoms with E-state index in [0.717, 1.165) is 12.5 Å². The largest absolute Gasteiger partial charge is 0.367 e. The van der Waals surface area contributed by atoms with Gasteiger partial charge in [0.1, 0.15) is 11.6 Å². The van der Waals surface area contributed by atoms with Gasteiger partial charge >= 0.3 is 0 Å². The normalized spacial score (nSPS) is 18.5. The van der Waals surface area contributed by atoms with E-state index in [1.165, 1.54) is 12.1 Å². The molecule has 1 fully saturated rings. The topological polar surface area (TPSA) is 39.7 Å². The molecule has 1 saturated heterocycles. The molecule has 1 unspecified atom stereocenters. The summed E-state index contributed by atoms with van der Waals surface area (Å²) >= 11 is 0. The molecule has 4 nitrogen and oxygen atoms in total. The number of guanidine groups is 1. The van der Waals surface area contributed by atoms with E-state index in [-0.39, 0.29) is 6.04 Å². The first-order valence-electron chi connectivity index (χ1n) is 6.74. The molecule has 0 amide bonds. The molecule has 21 heavy (non-hydrogen) atoms. The first-order valence-corrected chi connectivity index (χ1v) is 6.74. The maximum atomic E-state index is 13.8. The van der Waals surface area contributed by atoms with Crippen molar-refractivity contribution in [3.8, 4) is 12.3 Å². The molecule has 1 aromatic rings. The van der Waals surface area contributed by atoms with Gasteiger partial charge in [-0.15, -0.1) is 6.42 Å². The molecule has 1 atom stereocenters. The summed E-state index contributed by atoms with van der Waals surface area (Å²) in [4.78, 5) is 5.96. The van der Waals surface area contributed by atoms with E-state index in [9.17, 15) is 8.78 Å². The highest BCUT2D eigenvalue weighted by atomic mass is 19.1. The summed E-state index contributed by atoms with van der Waals surface area (Å²) in [5, 5.41) is 6.22. The first kappa shape index (κ1) is 15.1. The van der Waals surface area contributed by atoms with Gasteiger partial charge in [-0.3, -0.25) is 4.99 Å². The monoisotopic (exact) mass is 292 g/mol. The third-order valence-corrected chi connectivity index (χ3v) is 3.36. The van der Waals surface area contributed by atoms with Crippen LogP contribution in [0.25, 0.3) is 0 Å². The fourth-order valence-electron chi connectivity index (χ4n) is 2.36. The van der Waals surface area contributed by atoms with Crippen LogP contribution >= 0.6 is 0 Å². The Labute approximate surface area is 123 Å². The number of benzene rings is 1. The van der Waals surface area contributed by atoms with Gasteiger partial charge in [0.25, 0.3) is 0 Å². The molecule has 1 aliphatic rings. The van der Waals surface area contributed by atoms with Gasteiger partial charge in [-0.1, -0.05) is 5.92 Å². The summed E-state index contributed by atoms with van der Waals surface area (Å²) in [6.45, 7) is 1.72. The van der Waals surface area contributed by atoms with Crippen LogP contribution in [0, 0.1) is 24.0 Å². The minimum absolute atomic E-state index is 0.137. The predicted octanol–water partition coefficient (Wildman–Crippen LogP) is 1.34. The predicted molar refractivity (Wildman–Crippen MR) is 80.3 cm³/mol. The second-order valence-corrected chi connectivity index (χ2v) is 4.80. The van der Waals surface area contributed by atoms with Crippen molar-refractivity contribution in [2.75, 3.05) is 31.6 Å². The maximum Gasteiger partial charge on any atom is 0.192 e. The lowest BCUT2D eigenvalue weighted by Crippen LogP contribution is -2.44. The smallest absolute Gasteiger partial charge is 0.192 e. The summed E-state index contributed by atoms with van der Waals surface area (Å²) in [5.74, 6) is 2.00. The van der Waals surface area contributed by atoms with Crippen LogP contribution < -0.4 is 15.5 Å². The van der Waals surface area contributed by atoms with E-state index in [1.807, 2.05) is 4.90 Å². The van der Waals surface area contributed by atoms with Crippen molar-refractivity contribution in [1.82, 2.24) is 10.6 Å².